The molecule has 3 aromatic rings. The maximum atomic E-state index is 14.3. The summed E-state index contributed by atoms with van der Waals surface area (Å²) in [5, 5.41) is 15.2. The Hall–Kier alpha value is -4.19. The van der Waals surface area contributed by atoms with Crippen LogP contribution in [0.3, 0.4) is 0 Å². The van der Waals surface area contributed by atoms with E-state index >= 15 is 0 Å². The van der Waals surface area contributed by atoms with E-state index in [1.54, 1.807) is 26.1 Å². The molecule has 3 amide bonds. The zero-order valence-corrected chi connectivity index (χ0v) is 30.0. The normalized spacial score (nSPS) is 20.2. The van der Waals surface area contributed by atoms with Crippen LogP contribution in [-0.4, -0.2) is 95.8 Å². The molecule has 1 aromatic heterocycles. The third-order valence-corrected chi connectivity index (χ3v) is 10.3. The van der Waals surface area contributed by atoms with E-state index in [0.717, 1.165) is 30.7 Å². The number of carbonyl (C=O) groups is 2. The van der Waals surface area contributed by atoms with Gasteiger partial charge in [0.2, 0.25) is 0 Å². The Balaban J connectivity index is 1.60. The van der Waals surface area contributed by atoms with Gasteiger partial charge in [0.25, 0.3) is 15.9 Å². The molecule has 1 aliphatic heterocycles. The molecule has 3 N–H and O–H groups in total. The van der Waals surface area contributed by atoms with E-state index in [4.69, 9.17) is 9.47 Å². The molecule has 0 unspecified atom stereocenters. The van der Waals surface area contributed by atoms with Crippen molar-refractivity contribution in [3.8, 4) is 5.75 Å². The number of fused-ring (bicyclic) bond motifs is 1. The topological polar surface area (TPSA) is 155 Å². The van der Waals surface area contributed by atoms with Crippen molar-refractivity contribution in [2.24, 2.45) is 13.0 Å². The first-order valence-corrected chi connectivity index (χ1v) is 18.0. The Labute approximate surface area is 295 Å². The van der Waals surface area contributed by atoms with Crippen molar-refractivity contribution in [1.29, 1.82) is 0 Å². The maximum absolute atomic E-state index is 14.3. The van der Waals surface area contributed by atoms with Crippen LogP contribution in [0, 0.1) is 5.92 Å². The number of nitrogens with zero attached hydrogens (tertiary/aromatic N) is 4. The number of urea groups is 1. The van der Waals surface area contributed by atoms with E-state index in [1.807, 2.05) is 13.8 Å². The van der Waals surface area contributed by atoms with Crippen LogP contribution in [-0.2, 0) is 28.0 Å². The molecule has 0 radical (unpaired) electrons. The summed E-state index contributed by atoms with van der Waals surface area (Å²) in [5.41, 5.74) is -0.427. The van der Waals surface area contributed by atoms with Gasteiger partial charge in [-0.1, -0.05) is 6.92 Å². The predicted molar refractivity (Wildman–Crippen MR) is 184 cm³/mol. The van der Waals surface area contributed by atoms with E-state index < -0.39 is 51.8 Å². The van der Waals surface area contributed by atoms with E-state index in [-0.39, 0.29) is 53.5 Å². The van der Waals surface area contributed by atoms with Gasteiger partial charge < -0.3 is 34.7 Å². The number of aryl methyl sites for hydroxylation is 1. The van der Waals surface area contributed by atoms with Gasteiger partial charge in [0.1, 0.15) is 5.75 Å². The van der Waals surface area contributed by atoms with Crippen LogP contribution >= 0.6 is 0 Å². The fourth-order valence-electron chi connectivity index (χ4n) is 5.53. The number of likely N-dealkylation sites (N-methyl/N-ethyl adjacent to an activating group) is 1. The lowest BCUT2D eigenvalue weighted by molar-refractivity contribution is -0.137. The van der Waals surface area contributed by atoms with Gasteiger partial charge in [0, 0.05) is 57.3 Å². The Kier molecular flexibility index (Phi) is 13.1. The molecule has 4 rings (SSSR count). The van der Waals surface area contributed by atoms with Gasteiger partial charge >= 0.3 is 12.2 Å². The summed E-state index contributed by atoms with van der Waals surface area (Å²) in [7, 11) is -0.820. The minimum Gasteiger partial charge on any atom is -0.490 e. The second kappa shape index (κ2) is 16.9. The molecular formula is C34H45F3N6O7S. The minimum absolute atomic E-state index is 0.0200. The smallest absolute Gasteiger partial charge is 0.416 e. The highest BCUT2D eigenvalue weighted by atomic mass is 32.2. The molecule has 0 aliphatic carbocycles. The second-order valence-electron chi connectivity index (χ2n) is 12.8. The number of sulfonamides is 1. The number of hydrogen-bond acceptors (Lipinski definition) is 8. The lowest BCUT2D eigenvalue weighted by atomic mass is 10.0. The summed E-state index contributed by atoms with van der Waals surface area (Å²) in [6.45, 7) is 5.40. The van der Waals surface area contributed by atoms with E-state index in [0.29, 0.717) is 19.4 Å². The highest BCUT2D eigenvalue weighted by Crippen LogP contribution is 2.31. The fourth-order valence-corrected chi connectivity index (χ4v) is 6.67. The second-order valence-corrected chi connectivity index (χ2v) is 14.8. The largest absolute Gasteiger partial charge is 0.490 e. The van der Waals surface area contributed by atoms with Crippen molar-refractivity contribution in [1.82, 2.24) is 18.8 Å². The average molecular weight is 739 g/mol. The van der Waals surface area contributed by atoms with Gasteiger partial charge in [-0.2, -0.15) is 17.5 Å². The number of aromatic nitrogens is 2. The van der Waals surface area contributed by atoms with Crippen molar-refractivity contribution in [2.45, 2.75) is 69.5 Å². The molecule has 1 aliphatic rings. The van der Waals surface area contributed by atoms with Crippen LogP contribution < -0.4 is 15.4 Å². The first kappa shape index (κ1) is 39.6. The first-order chi connectivity index (χ1) is 24.0. The zero-order valence-electron chi connectivity index (χ0n) is 29.2. The van der Waals surface area contributed by atoms with E-state index in [1.165, 1.54) is 39.4 Å². The Morgan fingerprint density at radius 3 is 2.41 bits per heavy atom. The highest BCUT2D eigenvalue weighted by molar-refractivity contribution is 7.89. The molecule has 280 valence electrons. The third kappa shape index (κ3) is 10.4. The molecule has 2 heterocycles. The van der Waals surface area contributed by atoms with Gasteiger partial charge in [0.15, 0.2) is 5.03 Å². The standard InChI is InChI=1S/C34H45F3N6O7S/c1-22-17-43(23(2)20-44)32(45)28-16-27(40-33(46)39-26-11-9-25(10-12-26)34(35,36)37)13-14-29(28)50-24(3)8-6-7-15-49-30(22)18-42(5)51(47,48)31-19-41(4)21-38-31/h9-14,16,19,21-24,30,44H,6-8,15,17-18,20H2,1-5H3,(H2,39,40,46)/t22-,23+,24+,30+/m0/s1. The molecule has 0 saturated carbocycles. The summed E-state index contributed by atoms with van der Waals surface area (Å²) >= 11 is 0. The number of imidazole rings is 1. The zero-order chi connectivity index (χ0) is 37.5. The molecule has 0 spiro atoms. The number of halogens is 3. The molecule has 0 bridgehead atoms. The molecule has 0 saturated heterocycles. The van der Waals surface area contributed by atoms with Crippen LogP contribution in [0.4, 0.5) is 29.3 Å². The number of hydrogen-bond donors (Lipinski definition) is 3. The monoisotopic (exact) mass is 738 g/mol. The lowest BCUT2D eigenvalue weighted by Crippen LogP contribution is -2.48. The molecule has 13 nitrogen and oxygen atoms in total. The van der Waals surface area contributed by atoms with Crippen molar-refractivity contribution in [3.63, 3.8) is 0 Å². The number of aliphatic hydroxyl groups is 1. The Morgan fingerprint density at radius 1 is 1.12 bits per heavy atom. The Morgan fingerprint density at radius 2 is 1.78 bits per heavy atom. The number of alkyl halides is 3. The number of amides is 3. The van der Waals surface area contributed by atoms with Gasteiger partial charge in [-0.05, 0) is 75.6 Å². The quantitative estimate of drug-likeness (QED) is 0.285. The third-order valence-electron chi connectivity index (χ3n) is 8.57. The maximum Gasteiger partial charge on any atom is 0.416 e. The van der Waals surface area contributed by atoms with Crippen LogP contribution in [0.2, 0.25) is 0 Å². The minimum atomic E-state index is -4.52. The molecule has 2 aromatic carbocycles. The number of rotatable bonds is 8. The van der Waals surface area contributed by atoms with E-state index in [9.17, 15) is 36.3 Å². The number of ether oxygens (including phenoxy) is 2. The van der Waals surface area contributed by atoms with Crippen LogP contribution in [0.1, 0.15) is 56.0 Å². The molecular weight excluding hydrogens is 693 g/mol. The molecule has 4 atom stereocenters. The predicted octanol–water partition coefficient (Wildman–Crippen LogP) is 5.20. The van der Waals surface area contributed by atoms with E-state index in [2.05, 4.69) is 15.6 Å². The van der Waals surface area contributed by atoms with Gasteiger partial charge in [-0.15, -0.1) is 0 Å². The SMILES string of the molecule is C[C@@H]1CCCCO[C@H](CN(C)S(=O)(=O)c2cn(C)cn2)[C@@H](C)CN([C@H](C)CO)C(=O)c2cc(NC(=O)Nc3ccc(C(F)(F)F)cc3)ccc2O1. The van der Waals surface area contributed by atoms with Gasteiger partial charge in [-0.3, -0.25) is 4.79 Å². The number of benzene rings is 2. The van der Waals surface area contributed by atoms with Crippen molar-refractivity contribution in [3.05, 3.63) is 66.1 Å². The number of nitrogens with one attached hydrogen (secondary N) is 2. The lowest BCUT2D eigenvalue weighted by Gasteiger charge is -2.35. The van der Waals surface area contributed by atoms with Crippen molar-refractivity contribution in [2.75, 3.05) is 44.0 Å². The Bertz CT molecular complexity index is 1750. The van der Waals surface area contributed by atoms with Crippen LogP contribution in [0.25, 0.3) is 0 Å². The fraction of sp³-hybridized carbons (Fsp3) is 0.500. The highest BCUT2D eigenvalue weighted by Gasteiger charge is 2.33. The summed E-state index contributed by atoms with van der Waals surface area (Å²) < 4.78 is 80.6. The van der Waals surface area contributed by atoms with Crippen LogP contribution in [0.15, 0.2) is 60.0 Å². The van der Waals surface area contributed by atoms with Crippen molar-refractivity contribution < 1.29 is 45.8 Å². The number of aliphatic hydroxyl groups excluding tert-OH is 1. The summed E-state index contributed by atoms with van der Waals surface area (Å²) in [4.78, 5) is 32.6. The van der Waals surface area contributed by atoms with Gasteiger partial charge in [-0.25, -0.2) is 18.2 Å². The molecule has 51 heavy (non-hydrogen) atoms. The average Bonchev–Trinajstić information content (AvgIpc) is 3.52. The summed E-state index contributed by atoms with van der Waals surface area (Å²) in [6, 6.07) is 7.06. The van der Waals surface area contributed by atoms with Crippen molar-refractivity contribution >= 4 is 33.3 Å². The molecule has 17 heteroatoms. The van der Waals surface area contributed by atoms with Gasteiger partial charge in [0.05, 0.1) is 42.3 Å². The molecule has 0 fully saturated rings. The number of carbonyl (C=O) groups excluding carboxylic acids is 2. The van der Waals surface area contributed by atoms with Crippen LogP contribution in [0.5, 0.6) is 5.75 Å². The summed E-state index contributed by atoms with van der Waals surface area (Å²) in [6.07, 6.45) is -0.630. The number of anilines is 2. The first-order valence-electron chi connectivity index (χ1n) is 16.5. The summed E-state index contributed by atoms with van der Waals surface area (Å²) in [5.74, 6) is -0.663.